The van der Waals surface area contributed by atoms with Crippen LogP contribution in [0, 0.1) is 25.7 Å². The molecule has 0 aliphatic carbocycles. The molecule has 8 nitrogen and oxygen atoms in total. The number of hydrogen-bond acceptors (Lipinski definition) is 6. The topological polar surface area (TPSA) is 123 Å². The minimum atomic E-state index is -0.589. The number of nitrogens with zero attached hydrogens (tertiary/aromatic N) is 1. The third kappa shape index (κ3) is 7.40. The highest BCUT2D eigenvalue weighted by atomic mass is 16.5. The monoisotopic (exact) mass is 610 g/mol. The van der Waals surface area contributed by atoms with Crippen molar-refractivity contribution >= 4 is 46.1 Å². The molecular formula is C38H34N4O4. The van der Waals surface area contributed by atoms with Crippen LogP contribution in [0.1, 0.15) is 61.4 Å². The summed E-state index contributed by atoms with van der Waals surface area (Å²) in [6.45, 7) is 3.91. The van der Waals surface area contributed by atoms with Crippen LogP contribution in [0.4, 0.5) is 17.1 Å². The van der Waals surface area contributed by atoms with Gasteiger partial charge in [-0.25, -0.2) is 0 Å². The maximum absolute atomic E-state index is 13.2. The van der Waals surface area contributed by atoms with Gasteiger partial charge < -0.3 is 25.9 Å². The fourth-order valence-corrected chi connectivity index (χ4v) is 5.26. The van der Waals surface area contributed by atoms with Gasteiger partial charge in [0.15, 0.2) is 0 Å². The van der Waals surface area contributed by atoms with Crippen LogP contribution in [0.2, 0.25) is 0 Å². The van der Waals surface area contributed by atoms with Crippen LogP contribution in [0.3, 0.4) is 0 Å². The van der Waals surface area contributed by atoms with Crippen LogP contribution < -0.4 is 21.1 Å². The zero-order valence-electron chi connectivity index (χ0n) is 25.9. The smallest absolute Gasteiger partial charge is 0.255 e. The number of aryl methyl sites for hydroxylation is 2. The van der Waals surface area contributed by atoms with Gasteiger partial charge >= 0.3 is 0 Å². The lowest BCUT2D eigenvalue weighted by Gasteiger charge is -2.16. The molecule has 0 unspecified atom stereocenters. The highest BCUT2D eigenvalue weighted by Crippen LogP contribution is 2.33. The molecule has 1 aromatic heterocycles. The third-order valence-electron chi connectivity index (χ3n) is 7.52. The summed E-state index contributed by atoms with van der Waals surface area (Å²) in [4.78, 5) is 40.7. The van der Waals surface area contributed by atoms with E-state index in [9.17, 15) is 14.4 Å². The summed E-state index contributed by atoms with van der Waals surface area (Å²) < 4.78 is 5.37. The second kappa shape index (κ2) is 14.2. The predicted molar refractivity (Wildman–Crippen MR) is 182 cm³/mol. The Kier molecular flexibility index (Phi) is 9.74. The number of ether oxygens (including phenoxy) is 1. The van der Waals surface area contributed by atoms with Crippen molar-refractivity contribution in [2.24, 2.45) is 5.73 Å². The number of methoxy groups -OCH3 is 1. The number of pyridine rings is 1. The Bertz CT molecular complexity index is 2020. The number of fused-ring (bicyclic) bond motifs is 1. The van der Waals surface area contributed by atoms with Crippen LogP contribution >= 0.6 is 0 Å². The lowest BCUT2D eigenvalue weighted by Crippen LogP contribution is -2.14. The fourth-order valence-electron chi connectivity index (χ4n) is 5.26. The lowest BCUT2D eigenvalue weighted by atomic mass is 9.97. The van der Waals surface area contributed by atoms with E-state index in [2.05, 4.69) is 33.5 Å². The number of nitrogens with two attached hydrogens (primary N) is 1. The zero-order valence-corrected chi connectivity index (χ0v) is 25.9. The molecule has 0 bridgehead atoms. The minimum Gasteiger partial charge on any atom is -0.497 e. The number of aromatic nitrogens is 1. The van der Waals surface area contributed by atoms with Crippen LogP contribution in [0.15, 0.2) is 85.1 Å². The SMILES string of the molecule is COc1cccc(Nc2c(C(N)=O)cnc3c(C)cc(Cc4cccc(C(=O)Nc5ccc(C#CCCC=O)c(C)c5)c4)cc23)c1. The van der Waals surface area contributed by atoms with E-state index in [-0.39, 0.29) is 11.5 Å². The summed E-state index contributed by atoms with van der Waals surface area (Å²) in [6, 6.07) is 24.6. The molecule has 5 aromatic rings. The number of carbonyl (C=O) groups is 3. The molecule has 1 heterocycles. The van der Waals surface area contributed by atoms with Gasteiger partial charge in [-0.05, 0) is 91.1 Å². The molecule has 46 heavy (non-hydrogen) atoms. The average molecular weight is 611 g/mol. The van der Waals surface area contributed by atoms with Gasteiger partial charge in [0, 0.05) is 53.0 Å². The Morgan fingerprint density at radius 3 is 2.52 bits per heavy atom. The number of nitrogens with one attached hydrogen (secondary N) is 2. The molecule has 0 radical (unpaired) electrons. The van der Waals surface area contributed by atoms with Gasteiger partial charge in [-0.3, -0.25) is 14.6 Å². The number of unbranched alkanes of at least 4 members (excludes halogenated alkanes) is 1. The maximum Gasteiger partial charge on any atom is 0.255 e. The number of aldehydes is 1. The number of benzene rings is 4. The number of rotatable bonds is 10. The molecule has 8 heteroatoms. The maximum atomic E-state index is 13.2. The van der Waals surface area contributed by atoms with Crippen molar-refractivity contribution in [3.8, 4) is 17.6 Å². The summed E-state index contributed by atoms with van der Waals surface area (Å²) in [6.07, 6.45) is 3.84. The number of carbonyl (C=O) groups excluding carboxylic acids is 3. The standard InChI is InChI=1S/C38H34N4O4/c1-24-18-31(15-14-28(24)10-5-4-6-16-43)42-38(45)29-11-7-9-26(20-29)19-27-17-25(2)35-33(21-27)36(34(23-40-35)37(39)44)41-30-12-8-13-32(22-30)46-3/h7-9,11-18,20-23H,4,6,19H2,1-3H3,(H2,39,44)(H,40,41)(H,42,45). The predicted octanol–water partition coefficient (Wildman–Crippen LogP) is 6.88. The van der Waals surface area contributed by atoms with Gasteiger partial charge in [0.1, 0.15) is 12.0 Å². The molecule has 0 fully saturated rings. The van der Waals surface area contributed by atoms with Crippen LogP contribution in [-0.4, -0.2) is 30.2 Å². The summed E-state index contributed by atoms with van der Waals surface area (Å²) in [5.74, 6) is 5.93. The Balaban J connectivity index is 1.40. The molecule has 0 saturated carbocycles. The van der Waals surface area contributed by atoms with Crippen molar-refractivity contribution in [1.82, 2.24) is 4.98 Å². The van der Waals surface area contributed by atoms with E-state index < -0.39 is 5.91 Å². The van der Waals surface area contributed by atoms with Crippen molar-refractivity contribution in [3.05, 3.63) is 124 Å². The second-order valence-electron chi connectivity index (χ2n) is 10.9. The second-order valence-corrected chi connectivity index (χ2v) is 10.9. The molecule has 0 aliphatic rings. The van der Waals surface area contributed by atoms with E-state index in [1.807, 2.05) is 80.6 Å². The number of anilines is 3. The van der Waals surface area contributed by atoms with Gasteiger partial charge in [-0.1, -0.05) is 36.1 Å². The molecule has 230 valence electrons. The summed E-state index contributed by atoms with van der Waals surface area (Å²) in [5.41, 5.74) is 14.0. The first-order valence-electron chi connectivity index (χ1n) is 14.8. The average Bonchev–Trinajstić information content (AvgIpc) is 3.04. The molecule has 5 rings (SSSR count). The number of primary amides is 1. The molecule has 4 aromatic carbocycles. The van der Waals surface area contributed by atoms with Gasteiger partial charge in [-0.15, -0.1) is 0 Å². The number of hydrogen-bond donors (Lipinski definition) is 3. The molecule has 0 spiro atoms. The highest BCUT2D eigenvalue weighted by Gasteiger charge is 2.17. The molecule has 0 aliphatic heterocycles. The fraction of sp³-hybridized carbons (Fsp3) is 0.158. The van der Waals surface area contributed by atoms with E-state index in [1.54, 1.807) is 13.2 Å². The van der Waals surface area contributed by atoms with Gasteiger partial charge in [0.2, 0.25) is 0 Å². The largest absolute Gasteiger partial charge is 0.497 e. The lowest BCUT2D eigenvalue weighted by molar-refractivity contribution is -0.107. The summed E-state index contributed by atoms with van der Waals surface area (Å²) >= 11 is 0. The Morgan fingerprint density at radius 2 is 1.76 bits per heavy atom. The molecule has 0 atom stereocenters. The molecule has 4 N–H and O–H groups in total. The van der Waals surface area contributed by atoms with Crippen molar-refractivity contribution in [1.29, 1.82) is 0 Å². The van der Waals surface area contributed by atoms with Gasteiger partial charge in [-0.2, -0.15) is 0 Å². The molecular weight excluding hydrogens is 576 g/mol. The van der Waals surface area contributed by atoms with E-state index in [1.165, 1.54) is 6.20 Å². The van der Waals surface area contributed by atoms with Crippen LogP contribution in [0.5, 0.6) is 5.75 Å². The van der Waals surface area contributed by atoms with Crippen LogP contribution in [0.25, 0.3) is 10.9 Å². The van der Waals surface area contributed by atoms with Crippen molar-refractivity contribution < 1.29 is 19.1 Å². The quantitative estimate of drug-likeness (QED) is 0.0900. The zero-order chi connectivity index (χ0) is 32.6. The number of amides is 2. The van der Waals surface area contributed by atoms with Crippen molar-refractivity contribution in [3.63, 3.8) is 0 Å². The molecule has 2 amide bonds. The molecule has 0 saturated heterocycles. The highest BCUT2D eigenvalue weighted by molar-refractivity contribution is 6.08. The van der Waals surface area contributed by atoms with E-state index in [0.29, 0.717) is 42.0 Å². The Labute approximate surface area is 268 Å². The Hall–Kier alpha value is -5.94. The van der Waals surface area contributed by atoms with E-state index in [0.717, 1.165) is 50.7 Å². The Morgan fingerprint density at radius 1 is 0.935 bits per heavy atom. The van der Waals surface area contributed by atoms with Gasteiger partial charge in [0.25, 0.3) is 11.8 Å². The third-order valence-corrected chi connectivity index (χ3v) is 7.52. The first kappa shape index (κ1) is 31.5. The minimum absolute atomic E-state index is 0.221. The van der Waals surface area contributed by atoms with Crippen molar-refractivity contribution in [2.45, 2.75) is 33.1 Å². The van der Waals surface area contributed by atoms with Crippen molar-refractivity contribution in [2.75, 3.05) is 17.7 Å². The normalized spacial score (nSPS) is 10.5. The van der Waals surface area contributed by atoms with Crippen LogP contribution in [-0.2, 0) is 11.2 Å². The van der Waals surface area contributed by atoms with E-state index in [4.69, 9.17) is 10.5 Å². The first-order chi connectivity index (χ1) is 22.2. The summed E-state index contributed by atoms with van der Waals surface area (Å²) in [7, 11) is 1.60. The first-order valence-corrected chi connectivity index (χ1v) is 14.8. The van der Waals surface area contributed by atoms with Gasteiger partial charge in [0.05, 0.1) is 23.9 Å². The van der Waals surface area contributed by atoms with E-state index >= 15 is 0 Å². The summed E-state index contributed by atoms with van der Waals surface area (Å²) in [5, 5.41) is 7.11.